The van der Waals surface area contributed by atoms with Crippen LogP contribution in [0.1, 0.15) is 11.1 Å². The molecule has 156 valence electrons. The van der Waals surface area contributed by atoms with E-state index in [-0.39, 0.29) is 17.7 Å². The van der Waals surface area contributed by atoms with E-state index in [4.69, 9.17) is 4.74 Å². The molecule has 1 unspecified atom stereocenters. The van der Waals surface area contributed by atoms with E-state index in [0.29, 0.717) is 10.2 Å². The van der Waals surface area contributed by atoms with Gasteiger partial charge in [-0.3, -0.25) is 4.90 Å². The van der Waals surface area contributed by atoms with Crippen molar-refractivity contribution in [1.82, 2.24) is 4.90 Å². The molecule has 0 aromatic heterocycles. The second-order valence-corrected chi connectivity index (χ2v) is 7.45. The van der Waals surface area contributed by atoms with Gasteiger partial charge in [0, 0.05) is 17.6 Å². The van der Waals surface area contributed by atoms with Crippen molar-refractivity contribution in [3.63, 3.8) is 0 Å². The number of aliphatic hydroxyl groups is 1. The lowest BCUT2D eigenvalue weighted by molar-refractivity contribution is -0.248. The lowest BCUT2D eigenvalue weighted by Gasteiger charge is -2.31. The van der Waals surface area contributed by atoms with Crippen LogP contribution in [0.2, 0.25) is 0 Å². The summed E-state index contributed by atoms with van der Waals surface area (Å²) in [4.78, 5) is 2.05. The number of likely N-dealkylation sites (N-methyl/N-ethyl adjacent to an activating group) is 1. The highest BCUT2D eigenvalue weighted by Gasteiger charge is 2.56. The van der Waals surface area contributed by atoms with E-state index in [1.807, 2.05) is 25.3 Å². The summed E-state index contributed by atoms with van der Waals surface area (Å²) in [6, 6.07) is 10.7. The molecule has 3 nitrogen and oxygen atoms in total. The fourth-order valence-corrected chi connectivity index (χ4v) is 3.00. The van der Waals surface area contributed by atoms with Gasteiger partial charge in [-0.2, -0.15) is 13.2 Å². The van der Waals surface area contributed by atoms with Crippen LogP contribution in [-0.2, 0) is 5.60 Å². The number of alkyl halides is 3. The van der Waals surface area contributed by atoms with Gasteiger partial charge in [-0.25, -0.2) is 0 Å². The highest BCUT2D eigenvalue weighted by molar-refractivity contribution is 9.10. The first-order chi connectivity index (χ1) is 13.7. The topological polar surface area (TPSA) is 32.7 Å². The lowest BCUT2D eigenvalue weighted by Crippen LogP contribution is -2.43. The van der Waals surface area contributed by atoms with E-state index in [1.165, 1.54) is 48.5 Å². The van der Waals surface area contributed by atoms with Gasteiger partial charge >= 0.3 is 6.18 Å². The molecule has 0 radical (unpaired) electrons. The average Bonchev–Trinajstić information content (AvgIpc) is 2.67. The fourth-order valence-electron chi connectivity index (χ4n) is 2.74. The number of hydrogen-bond donors (Lipinski definition) is 1. The summed E-state index contributed by atoms with van der Waals surface area (Å²) >= 11 is 3.19. The normalized spacial score (nSPS) is 14.2. The van der Waals surface area contributed by atoms with Crippen molar-refractivity contribution in [2.24, 2.45) is 0 Å². The summed E-state index contributed by atoms with van der Waals surface area (Å²) in [7, 11) is 1.96. The molecule has 29 heavy (non-hydrogen) atoms. The molecule has 7 heteroatoms. The minimum absolute atomic E-state index is 0.256. The predicted molar refractivity (Wildman–Crippen MR) is 112 cm³/mol. The molecular weight excluding hydrogens is 447 g/mol. The second kappa shape index (κ2) is 10.1. The summed E-state index contributed by atoms with van der Waals surface area (Å²) in [6.45, 7) is 5.46. The molecule has 2 rings (SSSR count). The lowest BCUT2D eigenvalue weighted by atomic mass is 9.85. The number of nitrogens with zero attached hydrogens (tertiary/aromatic N) is 1. The van der Waals surface area contributed by atoms with E-state index in [1.54, 1.807) is 0 Å². The smallest absolute Gasteiger partial charge is 0.425 e. The molecule has 1 N–H and O–H groups in total. The Balaban J connectivity index is 2.11. The highest BCUT2D eigenvalue weighted by Crippen LogP contribution is 2.44. The van der Waals surface area contributed by atoms with E-state index in [2.05, 4.69) is 27.4 Å². The number of hydrogen-bond acceptors (Lipinski definition) is 3. The number of benzene rings is 2. The van der Waals surface area contributed by atoms with Gasteiger partial charge in [0.05, 0.1) is 0 Å². The summed E-state index contributed by atoms with van der Waals surface area (Å²) in [6.07, 6.45) is 0.695. The molecule has 0 aliphatic heterocycles. The Kier molecular flexibility index (Phi) is 8.07. The van der Waals surface area contributed by atoms with Gasteiger partial charge in [0.15, 0.2) is 0 Å². The summed E-state index contributed by atoms with van der Waals surface area (Å²) in [5.41, 5.74) is -3.64. The molecule has 0 spiro atoms. The Hall–Kier alpha value is -2.09. The molecule has 0 heterocycles. The third kappa shape index (κ3) is 5.95. The van der Waals surface area contributed by atoms with Crippen LogP contribution in [0.5, 0.6) is 5.75 Å². The zero-order valence-electron chi connectivity index (χ0n) is 16.0. The minimum Gasteiger partial charge on any atom is -0.490 e. The molecule has 0 aliphatic rings. The number of halogens is 4. The van der Waals surface area contributed by atoms with Crippen molar-refractivity contribution in [2.75, 3.05) is 26.7 Å². The fraction of sp³-hybridized carbons (Fsp3) is 0.273. The third-order valence-corrected chi connectivity index (χ3v) is 4.84. The van der Waals surface area contributed by atoms with Crippen LogP contribution in [0.25, 0.3) is 0 Å². The van der Waals surface area contributed by atoms with Crippen LogP contribution in [0.4, 0.5) is 13.2 Å². The first kappa shape index (κ1) is 23.2. The number of rotatable bonds is 9. The van der Waals surface area contributed by atoms with E-state index in [0.717, 1.165) is 13.1 Å². The molecule has 0 saturated heterocycles. The maximum absolute atomic E-state index is 13.8. The first-order valence-corrected chi connectivity index (χ1v) is 9.70. The Morgan fingerprint density at radius 3 is 2.07 bits per heavy atom. The second-order valence-electron chi connectivity index (χ2n) is 6.53. The SMILES string of the molecule is C=CCN(C)CC=CCOc1ccc(C(O)(c2ccc(Br)cc2)C(F)(F)F)cc1. The van der Waals surface area contributed by atoms with Crippen molar-refractivity contribution in [1.29, 1.82) is 0 Å². The third-order valence-electron chi connectivity index (χ3n) is 4.32. The van der Waals surface area contributed by atoms with Gasteiger partial charge in [-0.1, -0.05) is 58.4 Å². The zero-order valence-corrected chi connectivity index (χ0v) is 17.6. The molecule has 0 saturated carbocycles. The van der Waals surface area contributed by atoms with Crippen molar-refractivity contribution < 1.29 is 23.0 Å². The minimum atomic E-state index is -4.89. The summed E-state index contributed by atoms with van der Waals surface area (Å²) < 4.78 is 47.5. The molecule has 0 aliphatic carbocycles. The number of ether oxygens (including phenoxy) is 1. The molecule has 0 amide bonds. The van der Waals surface area contributed by atoms with Gasteiger partial charge in [-0.15, -0.1) is 6.58 Å². The van der Waals surface area contributed by atoms with Crippen molar-refractivity contribution in [3.8, 4) is 5.75 Å². The van der Waals surface area contributed by atoms with Crippen molar-refractivity contribution in [2.45, 2.75) is 11.8 Å². The molecule has 1 atom stereocenters. The Morgan fingerprint density at radius 1 is 1.00 bits per heavy atom. The first-order valence-electron chi connectivity index (χ1n) is 8.91. The van der Waals surface area contributed by atoms with E-state index >= 15 is 0 Å². The summed E-state index contributed by atoms with van der Waals surface area (Å²) in [5, 5.41) is 10.6. The Morgan fingerprint density at radius 2 is 1.55 bits per heavy atom. The molecular formula is C22H23BrF3NO2. The van der Waals surface area contributed by atoms with Gasteiger partial charge in [-0.05, 0) is 42.4 Å². The zero-order chi connectivity index (χ0) is 21.5. The van der Waals surface area contributed by atoms with Gasteiger partial charge in [0.25, 0.3) is 0 Å². The monoisotopic (exact) mass is 469 g/mol. The van der Waals surface area contributed by atoms with Gasteiger partial charge < -0.3 is 9.84 Å². The predicted octanol–water partition coefficient (Wildman–Crippen LogP) is 5.30. The van der Waals surface area contributed by atoms with Crippen LogP contribution in [0.15, 0.2) is 77.8 Å². The van der Waals surface area contributed by atoms with Gasteiger partial charge in [0.2, 0.25) is 5.60 Å². The van der Waals surface area contributed by atoms with E-state index in [9.17, 15) is 18.3 Å². The largest absolute Gasteiger partial charge is 0.490 e. The van der Waals surface area contributed by atoms with Gasteiger partial charge in [0.1, 0.15) is 12.4 Å². The van der Waals surface area contributed by atoms with Crippen LogP contribution >= 0.6 is 15.9 Å². The Bertz CT molecular complexity index is 819. The maximum Gasteiger partial charge on any atom is 0.425 e. The molecule has 2 aromatic rings. The molecule has 2 aromatic carbocycles. The van der Waals surface area contributed by atoms with Crippen molar-refractivity contribution in [3.05, 3.63) is 88.9 Å². The summed E-state index contributed by atoms with van der Waals surface area (Å²) in [5.74, 6) is 0.415. The molecule has 0 bridgehead atoms. The molecule has 0 fully saturated rings. The highest BCUT2D eigenvalue weighted by atomic mass is 79.9. The quantitative estimate of drug-likeness (QED) is 0.505. The average molecular weight is 470 g/mol. The van der Waals surface area contributed by atoms with Crippen LogP contribution in [0, 0.1) is 0 Å². The Labute approximate surface area is 177 Å². The van der Waals surface area contributed by atoms with Crippen LogP contribution in [0.3, 0.4) is 0 Å². The van der Waals surface area contributed by atoms with Crippen LogP contribution < -0.4 is 4.74 Å². The maximum atomic E-state index is 13.8. The standard InChI is InChI=1S/C22H23BrF3NO2/c1-3-14-27(2)15-4-5-16-29-20-12-8-18(9-13-20)21(28,22(24,25)26)17-6-10-19(23)11-7-17/h3-13,28H,1,14-16H2,2H3. The van der Waals surface area contributed by atoms with Crippen molar-refractivity contribution >= 4 is 15.9 Å². The van der Waals surface area contributed by atoms with E-state index < -0.39 is 11.8 Å². The van der Waals surface area contributed by atoms with Crippen LogP contribution in [-0.4, -0.2) is 42.9 Å².